The van der Waals surface area contributed by atoms with Crippen molar-refractivity contribution >= 4 is 28.7 Å². The molecule has 2 aromatic carbocycles. The summed E-state index contributed by atoms with van der Waals surface area (Å²) in [7, 11) is 0. The monoisotopic (exact) mass is 330 g/mol. The largest absolute Gasteiger partial charge is 0.350 e. The molecular weight excluding hydrogens is 312 g/mol. The Morgan fingerprint density at radius 1 is 1.04 bits per heavy atom. The van der Waals surface area contributed by atoms with Gasteiger partial charge in [-0.25, -0.2) is 0 Å². The number of nitrogens with one attached hydrogen (secondary N) is 2. The van der Waals surface area contributed by atoms with E-state index in [2.05, 4.69) is 23.8 Å². The van der Waals surface area contributed by atoms with Crippen molar-refractivity contribution in [1.29, 1.82) is 0 Å². The van der Waals surface area contributed by atoms with Crippen LogP contribution in [0.1, 0.15) is 13.8 Å². The van der Waals surface area contributed by atoms with E-state index in [0.29, 0.717) is 16.4 Å². The van der Waals surface area contributed by atoms with Crippen LogP contribution >= 0.6 is 11.6 Å². The molecule has 0 spiro atoms. The third-order valence-corrected chi connectivity index (χ3v) is 3.06. The molecule has 0 radical (unpaired) electrons. The number of benzene rings is 1. The van der Waals surface area contributed by atoms with Crippen molar-refractivity contribution in [2.75, 3.05) is 10.6 Å². The fourth-order valence-electron chi connectivity index (χ4n) is 1.74. The van der Waals surface area contributed by atoms with Gasteiger partial charge in [0.2, 0.25) is 0 Å². The molecule has 5 heteroatoms. The van der Waals surface area contributed by atoms with Gasteiger partial charge in [-0.2, -0.15) is 0 Å². The molecule has 0 aliphatic heterocycles. The standard InChI is InChI=1S/C16H13ClN2O2.C2H6/c1-3-5-11(4-2)18-13-14(16(21)15(13)20)19-12-8-6-10(17)7-9-12;1-2/h3-9,18-19H,1-2H2;1-2H3/b11-5+;. The highest BCUT2D eigenvalue weighted by atomic mass is 35.5. The molecule has 0 aromatic heterocycles. The summed E-state index contributed by atoms with van der Waals surface area (Å²) in [6.07, 6.45) is 4.74. The molecule has 2 aromatic rings. The van der Waals surface area contributed by atoms with Crippen molar-refractivity contribution in [3.63, 3.8) is 0 Å². The number of allylic oxidation sites excluding steroid dienone is 3. The summed E-state index contributed by atoms with van der Waals surface area (Å²) in [5, 5.41) is 6.36. The predicted octanol–water partition coefficient (Wildman–Crippen LogP) is 4.37. The maximum atomic E-state index is 11.7. The number of halogens is 1. The highest BCUT2D eigenvalue weighted by molar-refractivity contribution is 6.30. The topological polar surface area (TPSA) is 58.2 Å². The molecule has 0 saturated heterocycles. The first-order valence-electron chi connectivity index (χ1n) is 7.15. The molecule has 0 saturated carbocycles. The summed E-state index contributed by atoms with van der Waals surface area (Å²) >= 11 is 5.80. The minimum Gasteiger partial charge on any atom is -0.350 e. The van der Waals surface area contributed by atoms with Crippen LogP contribution < -0.4 is 21.5 Å². The molecule has 0 bridgehead atoms. The van der Waals surface area contributed by atoms with Gasteiger partial charge in [0, 0.05) is 16.4 Å². The number of rotatable bonds is 6. The Bertz CT molecular complexity index is 782. The van der Waals surface area contributed by atoms with Crippen LogP contribution in [-0.4, -0.2) is 0 Å². The maximum absolute atomic E-state index is 11.7. The molecule has 0 amide bonds. The fraction of sp³-hybridized carbons (Fsp3) is 0.111. The van der Waals surface area contributed by atoms with Crippen LogP contribution in [0.2, 0.25) is 5.02 Å². The first-order valence-corrected chi connectivity index (χ1v) is 7.52. The lowest BCUT2D eigenvalue weighted by molar-refractivity contribution is 1.33. The van der Waals surface area contributed by atoms with E-state index in [-0.39, 0.29) is 11.4 Å². The van der Waals surface area contributed by atoms with Gasteiger partial charge in [-0.3, -0.25) is 9.59 Å². The summed E-state index contributed by atoms with van der Waals surface area (Å²) in [5.41, 5.74) is 0.554. The molecule has 0 atom stereocenters. The second-order valence-electron chi connectivity index (χ2n) is 4.23. The third kappa shape index (κ3) is 4.44. The van der Waals surface area contributed by atoms with E-state index in [1.54, 1.807) is 36.4 Å². The second kappa shape index (κ2) is 8.76. The Hall–Kier alpha value is -2.59. The van der Waals surface area contributed by atoms with Crippen LogP contribution in [0.4, 0.5) is 17.1 Å². The zero-order valence-electron chi connectivity index (χ0n) is 13.2. The summed E-state index contributed by atoms with van der Waals surface area (Å²) in [5.74, 6) is 0. The van der Waals surface area contributed by atoms with Crippen LogP contribution in [0.25, 0.3) is 0 Å². The van der Waals surface area contributed by atoms with Gasteiger partial charge in [-0.15, -0.1) is 0 Å². The van der Waals surface area contributed by atoms with Gasteiger partial charge >= 0.3 is 0 Å². The molecule has 0 aliphatic carbocycles. The maximum Gasteiger partial charge on any atom is 0.253 e. The molecule has 0 heterocycles. The van der Waals surface area contributed by atoms with Crippen molar-refractivity contribution < 1.29 is 0 Å². The SMILES string of the molecule is C=C/C=C(\C=C)Nc1c(Nc2ccc(Cl)cc2)c(=O)c1=O.CC. The van der Waals surface area contributed by atoms with E-state index < -0.39 is 10.9 Å². The van der Waals surface area contributed by atoms with Crippen molar-refractivity contribution in [2.45, 2.75) is 13.8 Å². The van der Waals surface area contributed by atoms with Gasteiger partial charge in [-0.05, 0) is 36.4 Å². The first kappa shape index (κ1) is 18.5. The van der Waals surface area contributed by atoms with E-state index in [1.807, 2.05) is 13.8 Å². The molecule has 0 aliphatic rings. The predicted molar refractivity (Wildman–Crippen MR) is 99.5 cm³/mol. The molecule has 4 nitrogen and oxygen atoms in total. The zero-order valence-corrected chi connectivity index (χ0v) is 13.9. The molecule has 0 unspecified atom stereocenters. The number of hydrogen-bond donors (Lipinski definition) is 2. The fourth-order valence-corrected chi connectivity index (χ4v) is 1.87. The highest BCUT2D eigenvalue weighted by Crippen LogP contribution is 2.23. The van der Waals surface area contributed by atoms with Crippen LogP contribution in [0.5, 0.6) is 0 Å². The molecule has 0 fully saturated rings. The van der Waals surface area contributed by atoms with Crippen LogP contribution in [0.15, 0.2) is 70.9 Å². The average molecular weight is 331 g/mol. The second-order valence-corrected chi connectivity index (χ2v) is 4.66. The summed E-state index contributed by atoms with van der Waals surface area (Å²) in [6, 6.07) is 6.82. The van der Waals surface area contributed by atoms with Gasteiger partial charge < -0.3 is 10.6 Å². The average Bonchev–Trinajstić information content (AvgIpc) is 2.59. The minimum atomic E-state index is -0.566. The molecule has 2 N–H and O–H groups in total. The molecule has 120 valence electrons. The smallest absolute Gasteiger partial charge is 0.253 e. The van der Waals surface area contributed by atoms with E-state index in [0.717, 1.165) is 0 Å². The minimum absolute atomic E-state index is 0.211. The summed E-state index contributed by atoms with van der Waals surface area (Å²) in [6.45, 7) is 11.2. The number of anilines is 3. The van der Waals surface area contributed by atoms with Gasteiger partial charge in [0.1, 0.15) is 11.4 Å². The molecule has 23 heavy (non-hydrogen) atoms. The van der Waals surface area contributed by atoms with Crippen molar-refractivity contribution in [3.05, 3.63) is 86.8 Å². The van der Waals surface area contributed by atoms with Gasteiger partial charge in [0.05, 0.1) is 0 Å². The van der Waals surface area contributed by atoms with E-state index in [4.69, 9.17) is 11.6 Å². The third-order valence-electron chi connectivity index (χ3n) is 2.81. The quantitative estimate of drug-likeness (QED) is 0.610. The van der Waals surface area contributed by atoms with E-state index >= 15 is 0 Å². The number of hydrogen-bond acceptors (Lipinski definition) is 4. The Morgan fingerprint density at radius 2 is 1.61 bits per heavy atom. The van der Waals surface area contributed by atoms with Crippen molar-refractivity contribution in [2.24, 2.45) is 0 Å². The van der Waals surface area contributed by atoms with Crippen molar-refractivity contribution in [1.82, 2.24) is 0 Å². The normalized spacial score (nSPS) is 10.5. The van der Waals surface area contributed by atoms with Crippen LogP contribution in [-0.2, 0) is 0 Å². The Labute approximate surface area is 140 Å². The van der Waals surface area contributed by atoms with E-state index in [1.165, 1.54) is 6.08 Å². The summed E-state index contributed by atoms with van der Waals surface area (Å²) in [4.78, 5) is 23.3. The highest BCUT2D eigenvalue weighted by Gasteiger charge is 2.21. The first-order chi connectivity index (χ1) is 11.1. The van der Waals surface area contributed by atoms with Gasteiger partial charge in [-0.1, -0.05) is 44.7 Å². The van der Waals surface area contributed by atoms with Gasteiger partial charge in [0.15, 0.2) is 0 Å². The van der Waals surface area contributed by atoms with Crippen molar-refractivity contribution in [3.8, 4) is 0 Å². The van der Waals surface area contributed by atoms with E-state index in [9.17, 15) is 9.59 Å². The summed E-state index contributed by atoms with van der Waals surface area (Å²) < 4.78 is 0. The lowest BCUT2D eigenvalue weighted by atomic mass is 10.1. The molecular formula is C18H19ClN2O2. The lowest BCUT2D eigenvalue weighted by Gasteiger charge is -2.15. The van der Waals surface area contributed by atoms with Crippen LogP contribution in [0.3, 0.4) is 0 Å². The molecule has 2 rings (SSSR count). The van der Waals surface area contributed by atoms with Crippen LogP contribution in [0, 0.1) is 0 Å². The lowest BCUT2D eigenvalue weighted by Crippen LogP contribution is -2.36. The zero-order chi connectivity index (χ0) is 17.4. The Morgan fingerprint density at radius 3 is 2.13 bits per heavy atom. The Balaban J connectivity index is 0.00000127. The van der Waals surface area contributed by atoms with Gasteiger partial charge in [0.25, 0.3) is 10.9 Å². The Kier molecular flexibility index (Phi) is 7.03.